The van der Waals surface area contributed by atoms with Gasteiger partial charge in [0.1, 0.15) is 5.75 Å². The summed E-state index contributed by atoms with van der Waals surface area (Å²) in [6.07, 6.45) is 0.0681. The molecule has 0 amide bonds. The third-order valence-electron chi connectivity index (χ3n) is 5.29. The van der Waals surface area contributed by atoms with Crippen LogP contribution in [0.5, 0.6) is 5.75 Å². The smallest absolute Gasteiger partial charge is 0.132 e. The highest BCUT2D eigenvalue weighted by Gasteiger charge is 2.31. The summed E-state index contributed by atoms with van der Waals surface area (Å²) in [5.41, 5.74) is 2.54. The van der Waals surface area contributed by atoms with Gasteiger partial charge in [-0.15, -0.1) is 11.8 Å². The Hall–Kier alpha value is -1.98. The summed E-state index contributed by atoms with van der Waals surface area (Å²) in [5.74, 6) is 0.887. The summed E-state index contributed by atoms with van der Waals surface area (Å²) in [4.78, 5) is 3.60. The molecule has 0 radical (unpaired) electrons. The highest BCUT2D eigenvalue weighted by atomic mass is 35.5. The van der Waals surface area contributed by atoms with E-state index in [1.165, 1.54) is 11.1 Å². The van der Waals surface area contributed by atoms with E-state index in [2.05, 4.69) is 53.4 Å². The van der Waals surface area contributed by atoms with Gasteiger partial charge in [-0.3, -0.25) is 4.90 Å². The van der Waals surface area contributed by atoms with Gasteiger partial charge < -0.3 is 9.47 Å². The van der Waals surface area contributed by atoms with Gasteiger partial charge in [-0.1, -0.05) is 66.2 Å². The van der Waals surface area contributed by atoms with Crippen molar-refractivity contribution in [2.75, 3.05) is 26.8 Å². The van der Waals surface area contributed by atoms with Crippen LogP contribution in [-0.4, -0.2) is 37.8 Å². The number of nitrogens with zero attached hydrogens (tertiary/aromatic N) is 1. The Labute approximate surface area is 188 Å². The zero-order chi connectivity index (χ0) is 20.8. The highest BCUT2D eigenvalue weighted by molar-refractivity contribution is 7.99. The average molecular weight is 440 g/mol. The van der Waals surface area contributed by atoms with E-state index in [0.717, 1.165) is 41.9 Å². The number of hydrogen-bond acceptors (Lipinski definition) is 4. The van der Waals surface area contributed by atoms with Crippen LogP contribution in [0.15, 0.2) is 83.8 Å². The molecule has 2 atom stereocenters. The predicted octanol–water partition coefficient (Wildman–Crippen LogP) is 6.08. The lowest BCUT2D eigenvalue weighted by molar-refractivity contribution is -0.0319. The summed E-state index contributed by atoms with van der Waals surface area (Å²) in [7, 11) is 1.72. The minimum atomic E-state index is 0.0681. The molecule has 0 N–H and O–H groups in total. The van der Waals surface area contributed by atoms with Crippen LogP contribution in [0, 0.1) is 0 Å². The molecule has 1 fully saturated rings. The maximum Gasteiger partial charge on any atom is 0.132 e. The summed E-state index contributed by atoms with van der Waals surface area (Å²) >= 11 is 7.95. The summed E-state index contributed by atoms with van der Waals surface area (Å²) < 4.78 is 11.9. The molecule has 1 aliphatic rings. The molecule has 0 aliphatic carbocycles. The quantitative estimate of drug-likeness (QED) is 0.415. The molecule has 0 unspecified atom stereocenters. The molecule has 0 aromatic heterocycles. The Balaban J connectivity index is 1.57. The van der Waals surface area contributed by atoms with Crippen LogP contribution in [0.25, 0.3) is 0 Å². The first-order valence-corrected chi connectivity index (χ1v) is 11.4. The molecule has 4 rings (SSSR count). The normalized spacial score (nSPS) is 18.1. The van der Waals surface area contributed by atoms with Crippen molar-refractivity contribution in [2.45, 2.75) is 22.8 Å². The highest BCUT2D eigenvalue weighted by Crippen LogP contribution is 2.43. The van der Waals surface area contributed by atoms with Crippen LogP contribution < -0.4 is 4.74 Å². The van der Waals surface area contributed by atoms with Gasteiger partial charge in [-0.05, 0) is 35.4 Å². The Morgan fingerprint density at radius 1 is 1.03 bits per heavy atom. The van der Waals surface area contributed by atoms with Crippen LogP contribution in [0.1, 0.15) is 16.4 Å². The lowest BCUT2D eigenvalue weighted by Gasteiger charge is -2.37. The zero-order valence-corrected chi connectivity index (χ0v) is 18.6. The topological polar surface area (TPSA) is 21.7 Å². The number of morpholine rings is 1. The molecular weight excluding hydrogens is 414 g/mol. The molecule has 0 bridgehead atoms. The van der Waals surface area contributed by atoms with Crippen molar-refractivity contribution in [3.8, 4) is 5.75 Å². The van der Waals surface area contributed by atoms with Crippen LogP contribution >= 0.6 is 23.4 Å². The Morgan fingerprint density at radius 2 is 1.77 bits per heavy atom. The van der Waals surface area contributed by atoms with Crippen LogP contribution in [0.2, 0.25) is 5.02 Å². The van der Waals surface area contributed by atoms with E-state index in [9.17, 15) is 0 Å². The molecule has 3 nitrogen and oxygen atoms in total. The van der Waals surface area contributed by atoms with Crippen LogP contribution in [0.3, 0.4) is 0 Å². The number of methoxy groups -OCH3 is 1. The lowest BCUT2D eigenvalue weighted by atomic mass is 10.1. The van der Waals surface area contributed by atoms with Crippen molar-refractivity contribution in [3.63, 3.8) is 0 Å². The van der Waals surface area contributed by atoms with Gasteiger partial charge in [0, 0.05) is 24.7 Å². The standard InChI is InChI=1S/C25H26ClNO2S/c1-28-22-9-5-6-10-24(22)30-25(20-11-13-21(26)14-12-20)23-18-27(15-16-29-23)17-19-7-3-2-4-8-19/h2-14,23,25H,15-18H2,1H3/t23-,25-/m0/s1. The van der Waals surface area contributed by atoms with E-state index < -0.39 is 0 Å². The van der Waals surface area contributed by atoms with Crippen molar-refractivity contribution >= 4 is 23.4 Å². The Kier molecular flexibility index (Phi) is 7.34. The van der Waals surface area contributed by atoms with Crippen molar-refractivity contribution < 1.29 is 9.47 Å². The number of halogens is 1. The molecule has 0 spiro atoms. The summed E-state index contributed by atoms with van der Waals surface area (Å²) in [6.45, 7) is 3.49. The number of para-hydroxylation sites is 1. The fourth-order valence-corrected chi connectivity index (χ4v) is 5.20. The second-order valence-electron chi connectivity index (χ2n) is 7.37. The number of hydrogen-bond donors (Lipinski definition) is 0. The molecule has 0 saturated carbocycles. The van der Waals surface area contributed by atoms with E-state index in [0.29, 0.717) is 0 Å². The largest absolute Gasteiger partial charge is 0.496 e. The number of ether oxygens (including phenoxy) is 2. The fraction of sp³-hybridized carbons (Fsp3) is 0.280. The second-order valence-corrected chi connectivity index (χ2v) is 8.99. The van der Waals surface area contributed by atoms with Gasteiger partial charge in [0.15, 0.2) is 0 Å². The van der Waals surface area contributed by atoms with Gasteiger partial charge >= 0.3 is 0 Å². The number of benzene rings is 3. The molecule has 156 valence electrons. The van der Waals surface area contributed by atoms with Crippen LogP contribution in [0.4, 0.5) is 0 Å². The van der Waals surface area contributed by atoms with Gasteiger partial charge in [-0.25, -0.2) is 0 Å². The Morgan fingerprint density at radius 3 is 2.53 bits per heavy atom. The molecular formula is C25H26ClNO2S. The monoisotopic (exact) mass is 439 g/mol. The van der Waals surface area contributed by atoms with Crippen molar-refractivity contribution in [1.82, 2.24) is 4.90 Å². The van der Waals surface area contributed by atoms with E-state index in [1.54, 1.807) is 18.9 Å². The first kappa shape index (κ1) is 21.3. The lowest BCUT2D eigenvalue weighted by Crippen LogP contribution is -2.44. The summed E-state index contributed by atoms with van der Waals surface area (Å²) in [6, 6.07) is 26.9. The van der Waals surface area contributed by atoms with Crippen molar-refractivity contribution in [3.05, 3.63) is 95.0 Å². The van der Waals surface area contributed by atoms with Gasteiger partial charge in [-0.2, -0.15) is 0 Å². The molecule has 30 heavy (non-hydrogen) atoms. The number of thioether (sulfide) groups is 1. The molecule has 5 heteroatoms. The molecule has 1 aliphatic heterocycles. The first-order valence-electron chi connectivity index (χ1n) is 10.2. The van der Waals surface area contributed by atoms with Gasteiger partial charge in [0.2, 0.25) is 0 Å². The zero-order valence-electron chi connectivity index (χ0n) is 17.0. The van der Waals surface area contributed by atoms with Gasteiger partial charge in [0.25, 0.3) is 0 Å². The van der Waals surface area contributed by atoms with E-state index in [4.69, 9.17) is 21.1 Å². The third kappa shape index (κ3) is 5.38. The second kappa shape index (κ2) is 10.4. The predicted molar refractivity (Wildman–Crippen MR) is 125 cm³/mol. The van der Waals surface area contributed by atoms with E-state index >= 15 is 0 Å². The van der Waals surface area contributed by atoms with Gasteiger partial charge in [0.05, 0.1) is 30.0 Å². The maximum absolute atomic E-state index is 6.30. The maximum atomic E-state index is 6.30. The van der Waals surface area contributed by atoms with Crippen molar-refractivity contribution in [1.29, 1.82) is 0 Å². The minimum absolute atomic E-state index is 0.0681. The average Bonchev–Trinajstić information content (AvgIpc) is 2.79. The third-order valence-corrected chi connectivity index (χ3v) is 6.96. The van der Waals surface area contributed by atoms with Crippen molar-refractivity contribution in [2.24, 2.45) is 0 Å². The SMILES string of the molecule is COc1ccccc1S[C@@H](c1ccc(Cl)cc1)[C@@H]1CN(Cc2ccccc2)CCO1. The van der Waals surface area contributed by atoms with E-state index in [1.807, 2.05) is 30.3 Å². The summed E-state index contributed by atoms with van der Waals surface area (Å²) in [5, 5.41) is 0.882. The molecule has 3 aromatic carbocycles. The molecule has 1 heterocycles. The number of rotatable bonds is 7. The first-order chi connectivity index (χ1) is 14.7. The molecule has 1 saturated heterocycles. The Bertz CT molecular complexity index is 935. The van der Waals surface area contributed by atoms with E-state index in [-0.39, 0.29) is 11.4 Å². The minimum Gasteiger partial charge on any atom is -0.496 e. The fourth-order valence-electron chi connectivity index (χ4n) is 3.76. The van der Waals surface area contributed by atoms with Crippen LogP contribution in [-0.2, 0) is 11.3 Å². The molecule has 3 aromatic rings.